The van der Waals surface area contributed by atoms with E-state index in [1.165, 1.54) is 0 Å². The van der Waals surface area contributed by atoms with Gasteiger partial charge in [-0.15, -0.1) is 0 Å². The number of anilines is 1. The first-order valence-corrected chi connectivity index (χ1v) is 5.89. The number of nitrogens with zero attached hydrogens (tertiary/aromatic N) is 2. The van der Waals surface area contributed by atoms with Crippen molar-refractivity contribution in [2.24, 2.45) is 0 Å². The van der Waals surface area contributed by atoms with E-state index in [-0.39, 0.29) is 0 Å². The number of ether oxygens (including phenoxy) is 1. The molecule has 0 aliphatic rings. The summed E-state index contributed by atoms with van der Waals surface area (Å²) in [5.41, 5.74) is 1.74. The van der Waals surface area contributed by atoms with Crippen LogP contribution in [-0.2, 0) is 4.74 Å². The minimum Gasteiger partial charge on any atom is -0.444 e. The zero-order valence-electron chi connectivity index (χ0n) is 9.85. The Morgan fingerprint density at radius 1 is 1.29 bits per heavy atom. The van der Waals surface area contributed by atoms with E-state index < -0.39 is 11.7 Å². The van der Waals surface area contributed by atoms with Crippen LogP contribution >= 0.6 is 11.7 Å². The molecule has 0 saturated carbocycles. The average Bonchev–Trinajstić information content (AvgIpc) is 2.61. The molecule has 0 fully saturated rings. The third kappa shape index (κ3) is 3.13. The lowest BCUT2D eigenvalue weighted by atomic mass is 10.2. The second kappa shape index (κ2) is 4.29. The summed E-state index contributed by atoms with van der Waals surface area (Å²) in [4.78, 5) is 11.5. The highest BCUT2D eigenvalue weighted by Crippen LogP contribution is 2.18. The molecule has 0 unspecified atom stereocenters. The summed E-state index contributed by atoms with van der Waals surface area (Å²) in [6.45, 7) is 5.46. The van der Waals surface area contributed by atoms with Gasteiger partial charge in [-0.05, 0) is 39.0 Å². The van der Waals surface area contributed by atoms with E-state index in [2.05, 4.69) is 14.1 Å². The fourth-order valence-electron chi connectivity index (χ4n) is 1.28. The molecule has 5 nitrogen and oxygen atoms in total. The third-order valence-electron chi connectivity index (χ3n) is 1.90. The monoisotopic (exact) mass is 251 g/mol. The number of aromatic nitrogens is 2. The largest absolute Gasteiger partial charge is 0.444 e. The quantitative estimate of drug-likeness (QED) is 0.846. The standard InChI is InChI=1S/C11H13N3O2S/c1-11(2,3)16-10(15)12-7-4-5-8-9(6-7)14-17-13-8/h4-6H,1-3H3,(H,12,15). The van der Waals surface area contributed by atoms with Gasteiger partial charge in [0.15, 0.2) is 0 Å². The van der Waals surface area contributed by atoms with Crippen molar-refractivity contribution in [3.63, 3.8) is 0 Å². The fraction of sp³-hybridized carbons (Fsp3) is 0.364. The van der Waals surface area contributed by atoms with Gasteiger partial charge in [0.05, 0.1) is 11.7 Å². The molecule has 2 aromatic rings. The Kier molecular flexibility index (Phi) is 2.97. The second-order valence-electron chi connectivity index (χ2n) is 4.59. The van der Waals surface area contributed by atoms with Crippen molar-refractivity contribution in [2.75, 3.05) is 5.32 Å². The Hall–Kier alpha value is -1.69. The molecular formula is C11H13N3O2S. The molecule has 0 aliphatic carbocycles. The van der Waals surface area contributed by atoms with Crippen LogP contribution in [-0.4, -0.2) is 20.4 Å². The molecular weight excluding hydrogens is 238 g/mol. The third-order valence-corrected chi connectivity index (χ3v) is 2.46. The van der Waals surface area contributed by atoms with Gasteiger partial charge in [0.25, 0.3) is 0 Å². The van der Waals surface area contributed by atoms with Crippen molar-refractivity contribution in [2.45, 2.75) is 26.4 Å². The summed E-state index contributed by atoms with van der Waals surface area (Å²) < 4.78 is 13.3. The molecule has 90 valence electrons. The van der Waals surface area contributed by atoms with E-state index >= 15 is 0 Å². The number of benzene rings is 1. The molecule has 6 heteroatoms. The summed E-state index contributed by atoms with van der Waals surface area (Å²) >= 11 is 1.15. The van der Waals surface area contributed by atoms with Crippen molar-refractivity contribution < 1.29 is 9.53 Å². The summed E-state index contributed by atoms with van der Waals surface area (Å²) in [6.07, 6.45) is -0.472. The number of amides is 1. The minimum atomic E-state index is -0.504. The van der Waals surface area contributed by atoms with Gasteiger partial charge in [-0.3, -0.25) is 5.32 Å². The number of carbonyl (C=O) groups excluding carboxylic acids is 1. The van der Waals surface area contributed by atoms with Crippen molar-refractivity contribution in [1.29, 1.82) is 0 Å². The molecule has 1 heterocycles. The van der Waals surface area contributed by atoms with Gasteiger partial charge in [-0.1, -0.05) is 0 Å². The Morgan fingerprint density at radius 3 is 2.71 bits per heavy atom. The molecule has 0 atom stereocenters. The number of rotatable bonds is 1. The Balaban J connectivity index is 2.10. The van der Waals surface area contributed by atoms with Crippen molar-refractivity contribution >= 4 is 34.5 Å². The maximum atomic E-state index is 11.5. The van der Waals surface area contributed by atoms with Crippen molar-refractivity contribution in [3.8, 4) is 0 Å². The molecule has 0 bridgehead atoms. The van der Waals surface area contributed by atoms with Crippen LogP contribution < -0.4 is 5.32 Å². The lowest BCUT2D eigenvalue weighted by Crippen LogP contribution is -2.27. The molecule has 1 amide bonds. The van der Waals surface area contributed by atoms with E-state index in [9.17, 15) is 4.79 Å². The maximum Gasteiger partial charge on any atom is 0.412 e. The van der Waals surface area contributed by atoms with E-state index in [4.69, 9.17) is 4.74 Å². The highest BCUT2D eigenvalue weighted by molar-refractivity contribution is 7.00. The van der Waals surface area contributed by atoms with Gasteiger partial charge in [-0.2, -0.15) is 8.75 Å². The molecule has 17 heavy (non-hydrogen) atoms. The number of fused-ring (bicyclic) bond motifs is 1. The Bertz CT molecular complexity index is 545. The molecule has 2 rings (SSSR count). The highest BCUT2D eigenvalue weighted by atomic mass is 32.1. The van der Waals surface area contributed by atoms with Crippen LogP contribution in [0.25, 0.3) is 11.0 Å². The SMILES string of the molecule is CC(C)(C)OC(=O)Nc1ccc2nsnc2c1. The van der Waals surface area contributed by atoms with E-state index in [0.29, 0.717) is 5.69 Å². The molecule has 0 saturated heterocycles. The topological polar surface area (TPSA) is 64.1 Å². The normalized spacial score (nSPS) is 11.5. The Morgan fingerprint density at radius 2 is 2.00 bits per heavy atom. The predicted molar refractivity (Wildman–Crippen MR) is 67.3 cm³/mol. The van der Waals surface area contributed by atoms with Crippen LogP contribution in [0.4, 0.5) is 10.5 Å². The number of hydrogen-bond donors (Lipinski definition) is 1. The van der Waals surface area contributed by atoms with Crippen LogP contribution in [0.2, 0.25) is 0 Å². The number of nitrogens with one attached hydrogen (secondary N) is 1. The van der Waals surface area contributed by atoms with Gasteiger partial charge in [0, 0.05) is 5.69 Å². The zero-order valence-corrected chi connectivity index (χ0v) is 10.7. The van der Waals surface area contributed by atoms with Crippen LogP contribution in [0.3, 0.4) is 0 Å². The first-order chi connectivity index (χ1) is 7.94. The fourth-order valence-corrected chi connectivity index (χ4v) is 1.80. The molecule has 1 N–H and O–H groups in total. The lowest BCUT2D eigenvalue weighted by molar-refractivity contribution is 0.0636. The van der Waals surface area contributed by atoms with Crippen LogP contribution in [0.1, 0.15) is 20.8 Å². The summed E-state index contributed by atoms with van der Waals surface area (Å²) in [5, 5.41) is 2.66. The second-order valence-corrected chi connectivity index (χ2v) is 5.12. The highest BCUT2D eigenvalue weighted by Gasteiger charge is 2.16. The summed E-state index contributed by atoms with van der Waals surface area (Å²) in [7, 11) is 0. The smallest absolute Gasteiger partial charge is 0.412 e. The molecule has 0 aliphatic heterocycles. The van der Waals surface area contributed by atoms with Gasteiger partial charge >= 0.3 is 6.09 Å². The van der Waals surface area contributed by atoms with E-state index in [1.807, 2.05) is 26.8 Å². The van der Waals surface area contributed by atoms with Gasteiger partial charge < -0.3 is 4.74 Å². The van der Waals surface area contributed by atoms with E-state index in [0.717, 1.165) is 22.8 Å². The molecule has 0 spiro atoms. The molecule has 1 aromatic heterocycles. The first-order valence-electron chi connectivity index (χ1n) is 5.16. The summed E-state index contributed by atoms with van der Waals surface area (Å²) in [5.74, 6) is 0. The minimum absolute atomic E-state index is 0.472. The van der Waals surface area contributed by atoms with Gasteiger partial charge in [0.2, 0.25) is 0 Å². The van der Waals surface area contributed by atoms with Crippen LogP contribution in [0, 0.1) is 0 Å². The zero-order chi connectivity index (χ0) is 12.5. The van der Waals surface area contributed by atoms with Crippen LogP contribution in [0.5, 0.6) is 0 Å². The number of hydrogen-bond acceptors (Lipinski definition) is 5. The van der Waals surface area contributed by atoms with E-state index in [1.54, 1.807) is 12.1 Å². The molecule has 0 radical (unpaired) electrons. The first kappa shape index (κ1) is 11.8. The number of carbonyl (C=O) groups is 1. The summed E-state index contributed by atoms with van der Waals surface area (Å²) in [6, 6.07) is 5.35. The van der Waals surface area contributed by atoms with Crippen molar-refractivity contribution in [3.05, 3.63) is 18.2 Å². The van der Waals surface area contributed by atoms with Gasteiger partial charge in [0.1, 0.15) is 16.6 Å². The lowest BCUT2D eigenvalue weighted by Gasteiger charge is -2.19. The maximum absolute atomic E-state index is 11.5. The molecule has 1 aromatic carbocycles. The van der Waals surface area contributed by atoms with Gasteiger partial charge in [-0.25, -0.2) is 4.79 Å². The van der Waals surface area contributed by atoms with Crippen molar-refractivity contribution in [1.82, 2.24) is 8.75 Å². The van der Waals surface area contributed by atoms with Crippen LogP contribution in [0.15, 0.2) is 18.2 Å². The Labute approximate surface area is 103 Å². The predicted octanol–water partition coefficient (Wildman–Crippen LogP) is 3.04. The average molecular weight is 251 g/mol.